The number of benzene rings is 1. The van der Waals surface area contributed by atoms with Gasteiger partial charge in [-0.2, -0.15) is 9.78 Å². The average Bonchev–Trinajstić information content (AvgIpc) is 2.67. The van der Waals surface area contributed by atoms with Crippen LogP contribution in [0.2, 0.25) is 5.02 Å². The molecule has 0 unspecified atom stereocenters. The van der Waals surface area contributed by atoms with Crippen molar-refractivity contribution in [3.05, 3.63) is 40.3 Å². The van der Waals surface area contributed by atoms with Crippen LogP contribution < -0.4 is 0 Å². The smallest absolute Gasteiger partial charge is 0.186 e. The standard InChI is InChI=1S/C13H11ClN4S/c1-8-7-9(2)19-13-16-15-12(18(13)17-8)10-3-5-11(14)6-4-10/h3-7H,1-2H3. The molecular weight excluding hydrogens is 280 g/mol. The van der Waals surface area contributed by atoms with E-state index in [4.69, 9.17) is 11.6 Å². The molecule has 1 aromatic carbocycles. The van der Waals surface area contributed by atoms with Crippen molar-refractivity contribution in [2.24, 2.45) is 5.10 Å². The molecule has 0 amide bonds. The Morgan fingerprint density at radius 2 is 1.84 bits per heavy atom. The van der Waals surface area contributed by atoms with Gasteiger partial charge in [-0.05, 0) is 49.1 Å². The van der Waals surface area contributed by atoms with E-state index in [1.807, 2.05) is 44.2 Å². The molecular formula is C13H11ClN4S. The van der Waals surface area contributed by atoms with Gasteiger partial charge in [0.15, 0.2) is 5.82 Å². The van der Waals surface area contributed by atoms with Gasteiger partial charge in [-0.15, -0.1) is 10.2 Å². The predicted octanol–water partition coefficient (Wildman–Crippen LogP) is 3.83. The van der Waals surface area contributed by atoms with Crippen LogP contribution in [0.15, 0.2) is 45.5 Å². The van der Waals surface area contributed by atoms with Crippen LogP contribution in [0.1, 0.15) is 13.8 Å². The Bertz CT molecular complexity index is 685. The van der Waals surface area contributed by atoms with E-state index in [1.54, 1.807) is 16.4 Å². The number of thioether (sulfide) groups is 1. The first-order chi connectivity index (χ1) is 9.13. The summed E-state index contributed by atoms with van der Waals surface area (Å²) in [5, 5.41) is 14.4. The summed E-state index contributed by atoms with van der Waals surface area (Å²) < 4.78 is 1.77. The van der Waals surface area contributed by atoms with Gasteiger partial charge >= 0.3 is 0 Å². The fourth-order valence-electron chi connectivity index (χ4n) is 1.85. The molecule has 0 N–H and O–H groups in total. The summed E-state index contributed by atoms with van der Waals surface area (Å²) in [4.78, 5) is 1.15. The Labute approximate surface area is 120 Å². The number of allylic oxidation sites excluding steroid dienone is 2. The summed E-state index contributed by atoms with van der Waals surface area (Å²) in [7, 11) is 0. The molecule has 3 rings (SSSR count). The van der Waals surface area contributed by atoms with Gasteiger partial charge in [-0.3, -0.25) is 0 Å². The highest BCUT2D eigenvalue weighted by Gasteiger charge is 2.16. The minimum atomic E-state index is 0.700. The Balaban J connectivity index is 2.12. The first kappa shape index (κ1) is 12.4. The number of rotatable bonds is 1. The number of nitrogens with zero attached hydrogens (tertiary/aromatic N) is 4. The summed E-state index contributed by atoms with van der Waals surface area (Å²) in [6, 6.07) is 7.51. The molecule has 2 heterocycles. The van der Waals surface area contributed by atoms with Crippen LogP contribution in [0, 0.1) is 0 Å². The average molecular weight is 291 g/mol. The summed E-state index contributed by atoms with van der Waals surface area (Å²) in [5.41, 5.74) is 1.87. The molecule has 0 bridgehead atoms. The number of halogens is 1. The van der Waals surface area contributed by atoms with Gasteiger partial charge in [0, 0.05) is 10.6 Å². The minimum absolute atomic E-state index is 0.700. The van der Waals surface area contributed by atoms with Crippen LogP contribution in [-0.2, 0) is 0 Å². The van der Waals surface area contributed by atoms with Crippen molar-refractivity contribution < 1.29 is 0 Å². The molecule has 19 heavy (non-hydrogen) atoms. The van der Waals surface area contributed by atoms with Gasteiger partial charge in [0.1, 0.15) is 0 Å². The van der Waals surface area contributed by atoms with Crippen LogP contribution >= 0.6 is 23.4 Å². The van der Waals surface area contributed by atoms with E-state index in [-0.39, 0.29) is 0 Å². The highest BCUT2D eigenvalue weighted by molar-refractivity contribution is 8.02. The van der Waals surface area contributed by atoms with Crippen molar-refractivity contribution in [2.75, 3.05) is 0 Å². The molecule has 2 aromatic rings. The van der Waals surface area contributed by atoms with Gasteiger partial charge in [0.2, 0.25) is 5.16 Å². The normalized spacial score (nSPS) is 14.5. The quantitative estimate of drug-likeness (QED) is 0.801. The first-order valence-electron chi connectivity index (χ1n) is 5.76. The zero-order valence-electron chi connectivity index (χ0n) is 10.5. The van der Waals surface area contributed by atoms with E-state index in [1.165, 1.54) is 0 Å². The van der Waals surface area contributed by atoms with Crippen LogP contribution in [0.5, 0.6) is 0 Å². The van der Waals surface area contributed by atoms with Gasteiger partial charge in [-0.1, -0.05) is 23.4 Å². The third kappa shape index (κ3) is 2.43. The fourth-order valence-corrected chi connectivity index (χ4v) is 2.79. The second-order valence-corrected chi connectivity index (χ2v) is 5.87. The zero-order chi connectivity index (χ0) is 13.4. The number of fused-ring (bicyclic) bond motifs is 1. The lowest BCUT2D eigenvalue weighted by atomic mass is 10.2. The first-order valence-corrected chi connectivity index (χ1v) is 6.96. The van der Waals surface area contributed by atoms with E-state index in [0.717, 1.165) is 27.2 Å². The largest absolute Gasteiger partial charge is 0.216 e. The fraction of sp³-hybridized carbons (Fsp3) is 0.154. The Morgan fingerprint density at radius 1 is 1.11 bits per heavy atom. The van der Waals surface area contributed by atoms with Gasteiger partial charge in [0.05, 0.1) is 5.71 Å². The SMILES string of the molecule is CC1=CC(C)=Nn2c(nnc2-c2ccc(Cl)cc2)S1. The molecule has 96 valence electrons. The van der Waals surface area contributed by atoms with Crippen LogP contribution in [0.4, 0.5) is 0 Å². The Hall–Kier alpha value is -1.59. The van der Waals surface area contributed by atoms with Crippen molar-refractivity contribution in [2.45, 2.75) is 19.0 Å². The predicted molar refractivity (Wildman–Crippen MR) is 78.6 cm³/mol. The van der Waals surface area contributed by atoms with E-state index >= 15 is 0 Å². The summed E-state index contributed by atoms with van der Waals surface area (Å²) in [5.74, 6) is 0.724. The highest BCUT2D eigenvalue weighted by Crippen LogP contribution is 2.30. The topological polar surface area (TPSA) is 43.1 Å². The maximum absolute atomic E-state index is 5.90. The highest BCUT2D eigenvalue weighted by atomic mass is 35.5. The number of hydrogen-bond donors (Lipinski definition) is 0. The summed E-state index contributed by atoms with van der Waals surface area (Å²) in [6.07, 6.45) is 2.03. The second-order valence-electron chi connectivity index (χ2n) is 4.22. The van der Waals surface area contributed by atoms with E-state index < -0.39 is 0 Å². The van der Waals surface area contributed by atoms with Crippen molar-refractivity contribution in [3.63, 3.8) is 0 Å². The summed E-state index contributed by atoms with van der Waals surface area (Å²) in [6.45, 7) is 4.00. The molecule has 0 aliphatic carbocycles. The molecule has 4 nitrogen and oxygen atoms in total. The Morgan fingerprint density at radius 3 is 2.58 bits per heavy atom. The molecule has 0 spiro atoms. The monoisotopic (exact) mass is 290 g/mol. The van der Waals surface area contributed by atoms with Gasteiger partial charge < -0.3 is 0 Å². The zero-order valence-corrected chi connectivity index (χ0v) is 12.0. The molecule has 0 saturated heterocycles. The van der Waals surface area contributed by atoms with Gasteiger partial charge in [-0.25, -0.2) is 0 Å². The molecule has 0 saturated carbocycles. The lowest BCUT2D eigenvalue weighted by Crippen LogP contribution is -1.97. The van der Waals surface area contributed by atoms with Gasteiger partial charge in [0.25, 0.3) is 0 Å². The third-order valence-corrected chi connectivity index (χ3v) is 3.77. The van der Waals surface area contributed by atoms with Crippen LogP contribution in [-0.4, -0.2) is 20.6 Å². The second kappa shape index (κ2) is 4.83. The van der Waals surface area contributed by atoms with Crippen molar-refractivity contribution in [1.29, 1.82) is 0 Å². The van der Waals surface area contributed by atoms with Crippen molar-refractivity contribution in [3.8, 4) is 11.4 Å². The summed E-state index contributed by atoms with van der Waals surface area (Å²) >= 11 is 7.47. The van der Waals surface area contributed by atoms with Crippen LogP contribution in [0.25, 0.3) is 11.4 Å². The van der Waals surface area contributed by atoms with E-state index in [0.29, 0.717) is 5.02 Å². The van der Waals surface area contributed by atoms with E-state index in [9.17, 15) is 0 Å². The molecule has 1 aliphatic heterocycles. The maximum atomic E-state index is 5.90. The molecule has 0 fully saturated rings. The number of aromatic nitrogens is 3. The molecule has 0 atom stereocenters. The lowest BCUT2D eigenvalue weighted by Gasteiger charge is -2.02. The Kier molecular flexibility index (Phi) is 3.16. The maximum Gasteiger partial charge on any atom is 0.216 e. The lowest BCUT2D eigenvalue weighted by molar-refractivity contribution is 0.772. The molecule has 1 aliphatic rings. The van der Waals surface area contributed by atoms with Crippen LogP contribution in [0.3, 0.4) is 0 Å². The number of hydrogen-bond acceptors (Lipinski definition) is 4. The third-order valence-electron chi connectivity index (χ3n) is 2.64. The van der Waals surface area contributed by atoms with Crippen molar-refractivity contribution >= 4 is 29.1 Å². The van der Waals surface area contributed by atoms with Crippen molar-refractivity contribution in [1.82, 2.24) is 14.9 Å². The molecule has 6 heteroatoms. The molecule has 1 aromatic heterocycles. The molecule has 0 radical (unpaired) electrons. The minimum Gasteiger partial charge on any atom is -0.186 e. The van der Waals surface area contributed by atoms with E-state index in [2.05, 4.69) is 15.3 Å².